The SMILES string of the molecule is O=C(NCCO)c1cc(C2CCCN2c2ccnc(Cl)c2)c2nc(N3CCOCC3)cnc2c1. The van der Waals surface area contributed by atoms with Crippen LogP contribution < -0.4 is 15.1 Å². The molecule has 1 unspecified atom stereocenters. The highest BCUT2D eigenvalue weighted by Gasteiger charge is 2.30. The second-order valence-electron chi connectivity index (χ2n) is 8.43. The number of pyridine rings is 1. The Bertz CT molecular complexity index is 1190. The molecule has 2 aliphatic heterocycles. The highest BCUT2D eigenvalue weighted by molar-refractivity contribution is 6.29. The third-order valence-electron chi connectivity index (χ3n) is 6.31. The smallest absolute Gasteiger partial charge is 0.251 e. The molecule has 4 heterocycles. The Hall–Kier alpha value is -3.01. The van der Waals surface area contributed by atoms with Crippen LogP contribution in [0.5, 0.6) is 0 Å². The van der Waals surface area contributed by atoms with Crippen LogP contribution in [-0.4, -0.2) is 72.0 Å². The Labute approximate surface area is 202 Å². The molecule has 178 valence electrons. The van der Waals surface area contributed by atoms with Crippen molar-refractivity contribution in [3.05, 3.63) is 52.9 Å². The number of carbonyl (C=O) groups excluding carboxylic acids is 1. The van der Waals surface area contributed by atoms with E-state index >= 15 is 0 Å². The molecule has 2 fully saturated rings. The first-order valence-corrected chi connectivity index (χ1v) is 11.9. The molecule has 0 aliphatic carbocycles. The van der Waals surface area contributed by atoms with E-state index in [0.29, 0.717) is 29.4 Å². The van der Waals surface area contributed by atoms with E-state index in [1.165, 1.54) is 0 Å². The first-order chi connectivity index (χ1) is 16.6. The Morgan fingerprint density at radius 3 is 2.85 bits per heavy atom. The number of carbonyl (C=O) groups is 1. The molecule has 2 aliphatic rings. The molecule has 1 atom stereocenters. The minimum Gasteiger partial charge on any atom is -0.395 e. The highest BCUT2D eigenvalue weighted by atomic mass is 35.5. The maximum absolute atomic E-state index is 12.8. The number of ether oxygens (including phenoxy) is 1. The molecule has 1 amide bonds. The van der Waals surface area contributed by atoms with E-state index in [1.54, 1.807) is 18.5 Å². The summed E-state index contributed by atoms with van der Waals surface area (Å²) in [6.45, 7) is 3.80. The third-order valence-corrected chi connectivity index (χ3v) is 6.52. The van der Waals surface area contributed by atoms with Crippen molar-refractivity contribution in [2.45, 2.75) is 18.9 Å². The van der Waals surface area contributed by atoms with Crippen LogP contribution in [0.15, 0.2) is 36.7 Å². The molecule has 2 saturated heterocycles. The predicted molar refractivity (Wildman–Crippen MR) is 131 cm³/mol. The molecular formula is C24H27ClN6O3. The molecule has 0 spiro atoms. The second kappa shape index (κ2) is 10.1. The standard InChI is InChI=1S/C24H27ClN6O3/c25-21-14-17(3-4-26-21)31-6-1-2-20(31)18-12-16(24(33)27-5-9-32)13-19-23(18)29-22(15-28-19)30-7-10-34-11-8-30/h3-4,12-15,20,32H,1-2,5-11H2,(H,27,33). The Morgan fingerprint density at radius 2 is 2.06 bits per heavy atom. The van der Waals surface area contributed by atoms with Crippen molar-refractivity contribution in [3.8, 4) is 0 Å². The fraction of sp³-hybridized carbons (Fsp3) is 0.417. The van der Waals surface area contributed by atoms with Gasteiger partial charge in [0.15, 0.2) is 0 Å². The number of aromatic nitrogens is 3. The summed E-state index contributed by atoms with van der Waals surface area (Å²) in [5.41, 5.74) is 3.91. The van der Waals surface area contributed by atoms with Crippen LogP contribution >= 0.6 is 11.6 Å². The minimum atomic E-state index is -0.243. The van der Waals surface area contributed by atoms with Gasteiger partial charge in [0, 0.05) is 49.2 Å². The maximum atomic E-state index is 12.8. The highest BCUT2D eigenvalue weighted by Crippen LogP contribution is 2.39. The van der Waals surface area contributed by atoms with Gasteiger partial charge in [-0.05, 0) is 37.1 Å². The van der Waals surface area contributed by atoms with Gasteiger partial charge in [0.25, 0.3) is 5.91 Å². The van der Waals surface area contributed by atoms with Gasteiger partial charge in [0.2, 0.25) is 0 Å². The van der Waals surface area contributed by atoms with Crippen LogP contribution in [0.1, 0.15) is 34.8 Å². The number of aliphatic hydroxyl groups excluding tert-OH is 1. The van der Waals surface area contributed by atoms with Crippen molar-refractivity contribution in [2.75, 3.05) is 55.8 Å². The van der Waals surface area contributed by atoms with Crippen LogP contribution in [0.25, 0.3) is 11.0 Å². The van der Waals surface area contributed by atoms with Gasteiger partial charge >= 0.3 is 0 Å². The van der Waals surface area contributed by atoms with Gasteiger partial charge < -0.3 is 25.0 Å². The number of hydrogen-bond acceptors (Lipinski definition) is 8. The van der Waals surface area contributed by atoms with Crippen LogP contribution in [0, 0.1) is 0 Å². The number of fused-ring (bicyclic) bond motifs is 1. The normalized spacial score (nSPS) is 18.5. The summed E-state index contributed by atoms with van der Waals surface area (Å²) in [5, 5.41) is 12.3. The molecular weight excluding hydrogens is 456 g/mol. The van der Waals surface area contributed by atoms with E-state index in [4.69, 9.17) is 31.4 Å². The van der Waals surface area contributed by atoms with Gasteiger partial charge in [-0.3, -0.25) is 9.78 Å². The number of halogens is 1. The van der Waals surface area contributed by atoms with E-state index in [1.807, 2.05) is 18.2 Å². The minimum absolute atomic E-state index is 0.0146. The quantitative estimate of drug-likeness (QED) is 0.517. The lowest BCUT2D eigenvalue weighted by molar-refractivity contribution is 0.0944. The zero-order valence-corrected chi connectivity index (χ0v) is 19.5. The molecule has 3 aromatic rings. The van der Waals surface area contributed by atoms with Crippen molar-refractivity contribution in [1.29, 1.82) is 0 Å². The number of anilines is 2. The zero-order chi connectivity index (χ0) is 23.5. The number of hydrogen-bond donors (Lipinski definition) is 2. The van der Waals surface area contributed by atoms with E-state index in [2.05, 4.69) is 20.1 Å². The monoisotopic (exact) mass is 482 g/mol. The van der Waals surface area contributed by atoms with Crippen LogP contribution in [-0.2, 0) is 4.74 Å². The average molecular weight is 483 g/mol. The maximum Gasteiger partial charge on any atom is 0.251 e. The first kappa shape index (κ1) is 22.8. The molecule has 10 heteroatoms. The van der Waals surface area contributed by atoms with Gasteiger partial charge in [-0.15, -0.1) is 0 Å². The summed E-state index contributed by atoms with van der Waals surface area (Å²) in [6.07, 6.45) is 5.39. The number of nitrogens with one attached hydrogen (secondary N) is 1. The summed E-state index contributed by atoms with van der Waals surface area (Å²) in [5.74, 6) is 0.568. The summed E-state index contributed by atoms with van der Waals surface area (Å²) in [4.78, 5) is 31.1. The summed E-state index contributed by atoms with van der Waals surface area (Å²) in [6, 6.07) is 7.52. The van der Waals surface area contributed by atoms with E-state index < -0.39 is 0 Å². The van der Waals surface area contributed by atoms with Gasteiger partial charge in [0.1, 0.15) is 11.0 Å². The average Bonchev–Trinajstić information content (AvgIpc) is 3.36. The summed E-state index contributed by atoms with van der Waals surface area (Å²) >= 11 is 6.18. The van der Waals surface area contributed by atoms with Gasteiger partial charge in [-0.25, -0.2) is 9.97 Å². The fourth-order valence-corrected chi connectivity index (χ4v) is 4.87. The molecule has 0 saturated carbocycles. The van der Waals surface area contributed by atoms with Crippen molar-refractivity contribution < 1.29 is 14.6 Å². The van der Waals surface area contributed by atoms with E-state index in [9.17, 15) is 4.79 Å². The summed E-state index contributed by atoms with van der Waals surface area (Å²) in [7, 11) is 0. The molecule has 9 nitrogen and oxygen atoms in total. The molecule has 0 bridgehead atoms. The second-order valence-corrected chi connectivity index (χ2v) is 8.82. The largest absolute Gasteiger partial charge is 0.395 e. The Balaban J connectivity index is 1.60. The zero-order valence-electron chi connectivity index (χ0n) is 18.8. The fourth-order valence-electron chi connectivity index (χ4n) is 4.70. The molecule has 0 radical (unpaired) electrons. The predicted octanol–water partition coefficient (Wildman–Crippen LogP) is 2.58. The van der Waals surface area contributed by atoms with Crippen molar-refractivity contribution in [3.63, 3.8) is 0 Å². The number of morpholine rings is 1. The van der Waals surface area contributed by atoms with Crippen molar-refractivity contribution in [2.24, 2.45) is 0 Å². The Kier molecular flexibility index (Phi) is 6.75. The lowest BCUT2D eigenvalue weighted by Crippen LogP contribution is -2.36. The number of amides is 1. The van der Waals surface area contributed by atoms with E-state index in [0.717, 1.165) is 55.1 Å². The molecule has 5 rings (SSSR count). The third kappa shape index (κ3) is 4.64. The van der Waals surface area contributed by atoms with E-state index in [-0.39, 0.29) is 25.1 Å². The van der Waals surface area contributed by atoms with Crippen molar-refractivity contribution in [1.82, 2.24) is 20.3 Å². The molecule has 2 N–H and O–H groups in total. The molecule has 34 heavy (non-hydrogen) atoms. The molecule has 1 aromatic carbocycles. The van der Waals surface area contributed by atoms with Crippen LogP contribution in [0.4, 0.5) is 11.5 Å². The van der Waals surface area contributed by atoms with Crippen LogP contribution in [0.3, 0.4) is 0 Å². The number of aliphatic hydroxyl groups is 1. The van der Waals surface area contributed by atoms with Gasteiger partial charge in [-0.1, -0.05) is 11.6 Å². The van der Waals surface area contributed by atoms with Crippen LogP contribution in [0.2, 0.25) is 5.15 Å². The molecule has 2 aromatic heterocycles. The lowest BCUT2D eigenvalue weighted by Gasteiger charge is -2.29. The first-order valence-electron chi connectivity index (χ1n) is 11.5. The topological polar surface area (TPSA) is 104 Å². The number of benzene rings is 1. The van der Waals surface area contributed by atoms with Gasteiger partial charge in [-0.2, -0.15) is 0 Å². The summed E-state index contributed by atoms with van der Waals surface area (Å²) < 4.78 is 5.49. The number of nitrogens with zero attached hydrogens (tertiary/aromatic N) is 5. The Morgan fingerprint density at radius 1 is 1.21 bits per heavy atom. The number of rotatable bonds is 6. The van der Waals surface area contributed by atoms with Gasteiger partial charge in [0.05, 0.1) is 43.1 Å². The lowest BCUT2D eigenvalue weighted by atomic mass is 9.98. The van der Waals surface area contributed by atoms with Crippen molar-refractivity contribution >= 4 is 40.0 Å².